The lowest BCUT2D eigenvalue weighted by Crippen LogP contribution is -2.32. The normalized spacial score (nSPS) is 12.5. The third-order valence-corrected chi connectivity index (χ3v) is 5.28. The van der Waals surface area contributed by atoms with Crippen LogP contribution in [0.2, 0.25) is 5.02 Å². The molecule has 0 aliphatic carbocycles. The Morgan fingerprint density at radius 2 is 2.05 bits per heavy atom. The summed E-state index contributed by atoms with van der Waals surface area (Å²) in [6.45, 7) is 4.26. The van der Waals surface area contributed by atoms with Crippen molar-refractivity contribution in [1.82, 2.24) is 5.32 Å². The van der Waals surface area contributed by atoms with Crippen LogP contribution >= 0.6 is 22.9 Å². The summed E-state index contributed by atoms with van der Waals surface area (Å²) in [4.78, 5) is 13.0. The number of rotatable bonds is 7. The minimum Gasteiger partial charge on any atom is -0.349 e. The monoisotopic (exact) mass is 323 g/mol. The van der Waals surface area contributed by atoms with Crippen LogP contribution in [0.25, 0.3) is 10.1 Å². The van der Waals surface area contributed by atoms with Gasteiger partial charge in [0.05, 0.1) is 5.02 Å². The first kappa shape index (κ1) is 16.3. The lowest BCUT2D eigenvalue weighted by atomic mass is 10.1. The molecule has 0 spiro atoms. The molecule has 1 aromatic carbocycles. The van der Waals surface area contributed by atoms with E-state index in [1.807, 2.05) is 24.3 Å². The van der Waals surface area contributed by atoms with E-state index in [2.05, 4.69) is 19.2 Å². The summed E-state index contributed by atoms with van der Waals surface area (Å²) in [6, 6.07) is 8.05. The van der Waals surface area contributed by atoms with Crippen molar-refractivity contribution in [3.8, 4) is 0 Å². The van der Waals surface area contributed by atoms with E-state index >= 15 is 0 Å². The third kappa shape index (κ3) is 4.21. The first-order chi connectivity index (χ1) is 10.1. The van der Waals surface area contributed by atoms with Crippen LogP contribution in [0.15, 0.2) is 24.3 Å². The van der Waals surface area contributed by atoms with Gasteiger partial charge >= 0.3 is 0 Å². The molecule has 1 amide bonds. The number of amides is 1. The molecule has 0 aliphatic rings. The number of hydrogen-bond acceptors (Lipinski definition) is 2. The number of unbranched alkanes of at least 4 members (excludes halogenated alkanes) is 3. The molecule has 1 atom stereocenters. The first-order valence-corrected chi connectivity index (χ1v) is 8.80. The number of halogens is 1. The zero-order valence-corrected chi connectivity index (χ0v) is 14.2. The minimum absolute atomic E-state index is 0.0517. The van der Waals surface area contributed by atoms with Crippen LogP contribution in [-0.2, 0) is 0 Å². The van der Waals surface area contributed by atoms with Crippen molar-refractivity contribution in [2.24, 2.45) is 0 Å². The molecule has 1 N–H and O–H groups in total. The predicted molar refractivity (Wildman–Crippen MR) is 92.5 cm³/mol. The summed E-state index contributed by atoms with van der Waals surface area (Å²) in [6.07, 6.45) is 5.92. The summed E-state index contributed by atoms with van der Waals surface area (Å²) >= 11 is 7.79. The molecule has 0 unspecified atom stereocenters. The van der Waals surface area contributed by atoms with E-state index < -0.39 is 0 Å². The summed E-state index contributed by atoms with van der Waals surface area (Å²) in [5.74, 6) is -0.0517. The van der Waals surface area contributed by atoms with Gasteiger partial charge in [-0.1, -0.05) is 62.4 Å². The summed E-state index contributed by atoms with van der Waals surface area (Å²) in [7, 11) is 0. The Morgan fingerprint density at radius 1 is 1.29 bits per heavy atom. The molecule has 2 aromatic rings. The van der Waals surface area contributed by atoms with E-state index in [4.69, 9.17) is 11.6 Å². The molecule has 4 heteroatoms. The van der Waals surface area contributed by atoms with Gasteiger partial charge in [0, 0.05) is 16.1 Å². The largest absolute Gasteiger partial charge is 0.349 e. The maximum absolute atomic E-state index is 12.3. The summed E-state index contributed by atoms with van der Waals surface area (Å²) < 4.78 is 1.06. The van der Waals surface area contributed by atoms with Crippen molar-refractivity contribution in [2.75, 3.05) is 0 Å². The van der Waals surface area contributed by atoms with E-state index in [1.54, 1.807) is 0 Å². The lowest BCUT2D eigenvalue weighted by Gasteiger charge is -2.13. The standard InChI is InChI=1S/C17H22ClNOS/c1-3-4-5-6-9-12(2)19-17(20)16-15(18)13-10-7-8-11-14(13)21-16/h7-8,10-12H,3-6,9H2,1-2H3,(H,19,20)/t12-/m1/s1. The molecule has 21 heavy (non-hydrogen) atoms. The average molecular weight is 324 g/mol. The topological polar surface area (TPSA) is 29.1 Å². The molecular weight excluding hydrogens is 302 g/mol. The second-order valence-electron chi connectivity index (χ2n) is 5.47. The van der Waals surface area contributed by atoms with Gasteiger partial charge in [-0.2, -0.15) is 0 Å². The second kappa shape index (κ2) is 7.81. The van der Waals surface area contributed by atoms with E-state index in [0.29, 0.717) is 9.90 Å². The molecule has 114 valence electrons. The van der Waals surface area contributed by atoms with Crippen molar-refractivity contribution < 1.29 is 4.79 Å². The van der Waals surface area contributed by atoms with Crippen molar-refractivity contribution >= 4 is 38.9 Å². The number of benzene rings is 1. The van der Waals surface area contributed by atoms with Gasteiger partial charge in [0.25, 0.3) is 5.91 Å². The van der Waals surface area contributed by atoms with E-state index in [-0.39, 0.29) is 11.9 Å². The maximum Gasteiger partial charge on any atom is 0.263 e. The van der Waals surface area contributed by atoms with Crippen molar-refractivity contribution in [3.05, 3.63) is 34.2 Å². The van der Waals surface area contributed by atoms with Gasteiger partial charge in [-0.25, -0.2) is 0 Å². The molecule has 0 bridgehead atoms. The van der Waals surface area contributed by atoms with E-state index in [9.17, 15) is 4.79 Å². The number of carbonyl (C=O) groups excluding carboxylic acids is 1. The molecule has 0 fully saturated rings. The highest BCUT2D eigenvalue weighted by molar-refractivity contribution is 7.21. The van der Waals surface area contributed by atoms with Crippen molar-refractivity contribution in [1.29, 1.82) is 0 Å². The molecule has 0 saturated carbocycles. The minimum atomic E-state index is -0.0517. The molecule has 0 aliphatic heterocycles. The number of nitrogens with one attached hydrogen (secondary N) is 1. The van der Waals surface area contributed by atoms with Crippen molar-refractivity contribution in [3.63, 3.8) is 0 Å². The second-order valence-corrected chi connectivity index (χ2v) is 6.90. The van der Waals surface area contributed by atoms with Crippen LogP contribution < -0.4 is 5.32 Å². The SMILES string of the molecule is CCCCCC[C@@H](C)NC(=O)c1sc2ccccc2c1Cl. The Kier molecular flexibility index (Phi) is 6.07. The van der Waals surface area contributed by atoms with Gasteiger partial charge in [-0.15, -0.1) is 11.3 Å². The highest BCUT2D eigenvalue weighted by atomic mass is 35.5. The Morgan fingerprint density at radius 3 is 2.76 bits per heavy atom. The van der Waals surface area contributed by atoms with Gasteiger partial charge < -0.3 is 5.32 Å². The first-order valence-electron chi connectivity index (χ1n) is 7.61. The molecular formula is C17H22ClNOS. The molecule has 2 nitrogen and oxygen atoms in total. The Labute approximate surface area is 135 Å². The fourth-order valence-corrected chi connectivity index (χ4v) is 3.82. The Bertz CT molecular complexity index is 608. The zero-order chi connectivity index (χ0) is 15.2. The fourth-order valence-electron chi connectivity index (χ4n) is 2.40. The highest BCUT2D eigenvalue weighted by Crippen LogP contribution is 2.35. The van der Waals surface area contributed by atoms with Crippen LogP contribution in [0.5, 0.6) is 0 Å². The van der Waals surface area contributed by atoms with Crippen LogP contribution in [0.1, 0.15) is 55.6 Å². The number of fused-ring (bicyclic) bond motifs is 1. The molecule has 0 radical (unpaired) electrons. The van der Waals surface area contributed by atoms with Crippen molar-refractivity contribution in [2.45, 2.75) is 52.0 Å². The smallest absolute Gasteiger partial charge is 0.263 e. The number of hydrogen-bond donors (Lipinski definition) is 1. The van der Waals surface area contributed by atoms with E-state index in [0.717, 1.165) is 22.9 Å². The lowest BCUT2D eigenvalue weighted by molar-refractivity contribution is 0.0942. The Balaban J connectivity index is 1.97. The maximum atomic E-state index is 12.3. The van der Waals surface area contributed by atoms with Gasteiger partial charge in [-0.3, -0.25) is 4.79 Å². The van der Waals surface area contributed by atoms with Gasteiger partial charge in [0.2, 0.25) is 0 Å². The summed E-state index contributed by atoms with van der Waals surface area (Å²) in [5.41, 5.74) is 0. The predicted octanol–water partition coefficient (Wildman–Crippen LogP) is 5.64. The zero-order valence-electron chi connectivity index (χ0n) is 12.6. The third-order valence-electron chi connectivity index (χ3n) is 3.61. The highest BCUT2D eigenvalue weighted by Gasteiger charge is 2.18. The Hall–Kier alpha value is -1.06. The van der Waals surface area contributed by atoms with Gasteiger partial charge in [0.15, 0.2) is 0 Å². The van der Waals surface area contributed by atoms with Gasteiger partial charge in [0.1, 0.15) is 4.88 Å². The molecule has 1 aromatic heterocycles. The van der Waals surface area contributed by atoms with Gasteiger partial charge in [-0.05, 0) is 19.4 Å². The summed E-state index contributed by atoms with van der Waals surface area (Å²) in [5, 5.41) is 4.60. The number of carbonyl (C=O) groups is 1. The number of thiophene rings is 1. The fraction of sp³-hybridized carbons (Fsp3) is 0.471. The molecule has 1 heterocycles. The quantitative estimate of drug-likeness (QED) is 0.656. The van der Waals surface area contributed by atoms with Crippen LogP contribution in [0.3, 0.4) is 0 Å². The van der Waals surface area contributed by atoms with Crippen LogP contribution in [0.4, 0.5) is 0 Å². The van der Waals surface area contributed by atoms with Crippen LogP contribution in [0, 0.1) is 0 Å². The van der Waals surface area contributed by atoms with E-state index in [1.165, 1.54) is 30.6 Å². The average Bonchev–Trinajstić information content (AvgIpc) is 2.81. The molecule has 0 saturated heterocycles. The van der Waals surface area contributed by atoms with Crippen LogP contribution in [-0.4, -0.2) is 11.9 Å². The molecule has 2 rings (SSSR count).